The third kappa shape index (κ3) is 6.56. The molecule has 0 amide bonds. The Morgan fingerprint density at radius 3 is 2.14 bits per heavy atom. The molecule has 0 aromatic heterocycles. The van der Waals surface area contributed by atoms with Crippen LogP contribution >= 0.6 is 6.72 Å². The van der Waals surface area contributed by atoms with Crippen LogP contribution in [0.15, 0.2) is 0 Å². The molecule has 0 saturated carbocycles. The molecule has 0 aromatic carbocycles. The molecule has 0 spiro atoms. The normalized spacial score (nSPS) is 36.6. The fourth-order valence-corrected chi connectivity index (χ4v) is 6.34. The van der Waals surface area contributed by atoms with Gasteiger partial charge in [0.25, 0.3) is 0 Å². The quantitative estimate of drug-likeness (QED) is 0.419. The highest BCUT2D eigenvalue weighted by molar-refractivity contribution is 8.07. The standard InChI is InChI=1S/C19H39O6PSSi/c1-9-15-16(10-13(2)22-15)24-26(20,27)21-12-18-17(11-14(3)23-18)25-28(7,8)19(4,5)6/h13-18H,9-12H2,1-8H3,(H,20,27)/t13-,14-,15+,16?,17?,18+,26?/m0/s1. The van der Waals surface area contributed by atoms with E-state index in [-0.39, 0.29) is 48.3 Å². The van der Waals surface area contributed by atoms with Crippen molar-refractivity contribution in [3.63, 3.8) is 0 Å². The van der Waals surface area contributed by atoms with Gasteiger partial charge >= 0.3 is 6.72 Å². The SMILES string of the molecule is CC[C@H]1O[C@@H](C)CC1OP(O)(=S)OC[C@H]1O[C@@H](C)CC1O[Si](C)(C)C(C)(C)C. The molecule has 3 unspecified atom stereocenters. The van der Waals surface area contributed by atoms with Crippen LogP contribution in [-0.2, 0) is 34.8 Å². The number of rotatable bonds is 8. The van der Waals surface area contributed by atoms with E-state index in [0.717, 1.165) is 19.3 Å². The molecule has 0 aromatic rings. The van der Waals surface area contributed by atoms with Crippen molar-refractivity contribution < 1.29 is 27.8 Å². The summed E-state index contributed by atoms with van der Waals surface area (Å²) in [6, 6.07) is 0. The monoisotopic (exact) mass is 454 g/mol. The van der Waals surface area contributed by atoms with Crippen LogP contribution in [0.4, 0.5) is 0 Å². The number of hydrogen-bond donors (Lipinski definition) is 1. The van der Waals surface area contributed by atoms with E-state index in [9.17, 15) is 4.89 Å². The van der Waals surface area contributed by atoms with Gasteiger partial charge in [0, 0.05) is 12.8 Å². The molecule has 2 heterocycles. The molecule has 6 nitrogen and oxygen atoms in total. The molecule has 28 heavy (non-hydrogen) atoms. The van der Waals surface area contributed by atoms with Gasteiger partial charge < -0.3 is 27.8 Å². The zero-order valence-corrected chi connectivity index (χ0v) is 21.3. The van der Waals surface area contributed by atoms with Gasteiger partial charge in [-0.25, -0.2) is 0 Å². The Hall–Kier alpha value is 0.627. The first-order chi connectivity index (χ1) is 12.7. The van der Waals surface area contributed by atoms with Crippen molar-refractivity contribution in [3.05, 3.63) is 0 Å². The van der Waals surface area contributed by atoms with Gasteiger partial charge in [-0.15, -0.1) is 0 Å². The van der Waals surface area contributed by atoms with Crippen LogP contribution < -0.4 is 0 Å². The van der Waals surface area contributed by atoms with Crippen LogP contribution in [-0.4, -0.2) is 56.4 Å². The Balaban J connectivity index is 1.94. The molecule has 2 saturated heterocycles. The lowest BCUT2D eigenvalue weighted by atomic mass is 10.1. The fourth-order valence-electron chi connectivity index (χ4n) is 3.51. The summed E-state index contributed by atoms with van der Waals surface area (Å²) in [5, 5.41) is 0.118. The van der Waals surface area contributed by atoms with Crippen molar-refractivity contribution in [2.75, 3.05) is 6.61 Å². The molecule has 166 valence electrons. The average molecular weight is 455 g/mol. The van der Waals surface area contributed by atoms with E-state index >= 15 is 0 Å². The Morgan fingerprint density at radius 2 is 1.61 bits per heavy atom. The summed E-state index contributed by atoms with van der Waals surface area (Å²) in [4.78, 5) is 10.6. The third-order valence-electron chi connectivity index (χ3n) is 6.10. The van der Waals surface area contributed by atoms with Crippen molar-refractivity contribution in [2.24, 2.45) is 0 Å². The van der Waals surface area contributed by atoms with E-state index in [2.05, 4.69) is 33.9 Å². The summed E-state index contributed by atoms with van der Waals surface area (Å²) < 4.78 is 29.9. The smallest absolute Gasteiger partial charge is 0.324 e. The Bertz CT molecular complexity index is 569. The van der Waals surface area contributed by atoms with Gasteiger partial charge in [-0.2, -0.15) is 0 Å². The van der Waals surface area contributed by atoms with E-state index in [4.69, 9.17) is 34.8 Å². The largest absolute Gasteiger partial charge is 0.411 e. The molecule has 7 atom stereocenters. The minimum absolute atomic E-state index is 0.0505. The Labute approximate surface area is 177 Å². The van der Waals surface area contributed by atoms with Crippen molar-refractivity contribution in [3.8, 4) is 0 Å². The van der Waals surface area contributed by atoms with E-state index in [1.807, 2.05) is 20.8 Å². The molecule has 0 radical (unpaired) electrons. The van der Waals surface area contributed by atoms with E-state index in [0.29, 0.717) is 0 Å². The summed E-state index contributed by atoms with van der Waals surface area (Å²) in [6.07, 6.45) is 1.98. The van der Waals surface area contributed by atoms with Crippen molar-refractivity contribution in [2.45, 2.75) is 116 Å². The van der Waals surface area contributed by atoms with Gasteiger partial charge in [-0.05, 0) is 50.2 Å². The molecule has 2 aliphatic rings. The van der Waals surface area contributed by atoms with Crippen molar-refractivity contribution in [1.29, 1.82) is 0 Å². The Kier molecular flexibility index (Phi) is 8.36. The summed E-state index contributed by atoms with van der Waals surface area (Å²) >= 11 is 5.27. The number of hydrogen-bond acceptors (Lipinski definition) is 6. The van der Waals surface area contributed by atoms with Crippen LogP contribution in [0.25, 0.3) is 0 Å². The zero-order chi connectivity index (χ0) is 21.3. The Morgan fingerprint density at radius 1 is 1.07 bits per heavy atom. The van der Waals surface area contributed by atoms with Gasteiger partial charge in [-0.1, -0.05) is 27.7 Å². The molecule has 0 bridgehead atoms. The first-order valence-electron chi connectivity index (χ1n) is 10.4. The van der Waals surface area contributed by atoms with Gasteiger partial charge in [0.05, 0.1) is 37.1 Å². The molecule has 1 N–H and O–H groups in total. The molecular formula is C19H39O6PSSi. The fraction of sp³-hybridized carbons (Fsp3) is 1.00. The third-order valence-corrected chi connectivity index (χ3v) is 12.2. The van der Waals surface area contributed by atoms with Crippen LogP contribution in [0.5, 0.6) is 0 Å². The summed E-state index contributed by atoms with van der Waals surface area (Å²) in [6.45, 7) is 14.0. The topological polar surface area (TPSA) is 66.4 Å². The summed E-state index contributed by atoms with van der Waals surface area (Å²) in [5.41, 5.74) is 0. The van der Waals surface area contributed by atoms with Gasteiger partial charge in [0.15, 0.2) is 8.32 Å². The minimum atomic E-state index is -3.37. The van der Waals surface area contributed by atoms with E-state index < -0.39 is 15.0 Å². The maximum atomic E-state index is 10.6. The molecule has 0 aliphatic carbocycles. The molecular weight excluding hydrogens is 415 g/mol. The second-order valence-electron chi connectivity index (χ2n) is 9.67. The van der Waals surface area contributed by atoms with Crippen LogP contribution in [0.1, 0.15) is 60.8 Å². The lowest BCUT2D eigenvalue weighted by molar-refractivity contribution is -0.0180. The highest BCUT2D eigenvalue weighted by Crippen LogP contribution is 2.49. The molecule has 2 aliphatic heterocycles. The number of ether oxygens (including phenoxy) is 2. The zero-order valence-electron chi connectivity index (χ0n) is 18.6. The predicted molar refractivity (Wildman–Crippen MR) is 118 cm³/mol. The van der Waals surface area contributed by atoms with Crippen LogP contribution in [0.2, 0.25) is 18.1 Å². The molecule has 2 rings (SSSR count). The lowest BCUT2D eigenvalue weighted by Gasteiger charge is -2.39. The van der Waals surface area contributed by atoms with Crippen LogP contribution in [0, 0.1) is 0 Å². The van der Waals surface area contributed by atoms with Crippen molar-refractivity contribution in [1.82, 2.24) is 0 Å². The highest BCUT2D eigenvalue weighted by atomic mass is 32.5. The van der Waals surface area contributed by atoms with E-state index in [1.54, 1.807) is 0 Å². The first kappa shape index (κ1) is 24.9. The van der Waals surface area contributed by atoms with Gasteiger partial charge in [0.2, 0.25) is 0 Å². The van der Waals surface area contributed by atoms with Crippen LogP contribution in [0.3, 0.4) is 0 Å². The maximum absolute atomic E-state index is 10.6. The van der Waals surface area contributed by atoms with Gasteiger partial charge in [0.1, 0.15) is 6.10 Å². The average Bonchev–Trinajstić information content (AvgIpc) is 3.05. The molecule has 9 heteroatoms. The lowest BCUT2D eigenvalue weighted by Crippen LogP contribution is -2.46. The minimum Gasteiger partial charge on any atom is -0.411 e. The second kappa shape index (κ2) is 9.41. The summed E-state index contributed by atoms with van der Waals surface area (Å²) in [5.74, 6) is 0. The van der Waals surface area contributed by atoms with Gasteiger partial charge in [-0.3, -0.25) is 0 Å². The maximum Gasteiger partial charge on any atom is 0.324 e. The van der Waals surface area contributed by atoms with E-state index in [1.165, 1.54) is 0 Å². The second-order valence-corrected chi connectivity index (χ2v) is 17.2. The predicted octanol–water partition coefficient (Wildman–Crippen LogP) is 4.76. The first-order valence-corrected chi connectivity index (χ1v) is 15.9. The van der Waals surface area contributed by atoms with Crippen molar-refractivity contribution >= 4 is 26.8 Å². The highest BCUT2D eigenvalue weighted by Gasteiger charge is 2.44. The molecule has 2 fully saturated rings. The summed E-state index contributed by atoms with van der Waals surface area (Å²) in [7, 11) is -1.93.